The Bertz CT molecular complexity index is 555. The second-order valence-corrected chi connectivity index (χ2v) is 5.78. The molecular weight excluding hydrogens is 248 g/mol. The number of aromatic nitrogens is 1. The van der Waals surface area contributed by atoms with Crippen LogP contribution in [0.2, 0.25) is 0 Å². The van der Waals surface area contributed by atoms with Crippen LogP contribution in [0.5, 0.6) is 0 Å². The van der Waals surface area contributed by atoms with Crippen LogP contribution in [-0.4, -0.2) is 22.9 Å². The van der Waals surface area contributed by atoms with E-state index in [-0.39, 0.29) is 0 Å². The van der Waals surface area contributed by atoms with Gasteiger partial charge in [-0.2, -0.15) is 0 Å². The molecule has 0 spiro atoms. The van der Waals surface area contributed by atoms with Crippen LogP contribution in [0.1, 0.15) is 19.2 Å². The van der Waals surface area contributed by atoms with Gasteiger partial charge in [-0.1, -0.05) is 0 Å². The van der Waals surface area contributed by atoms with Gasteiger partial charge in [0.25, 0.3) is 0 Å². The van der Waals surface area contributed by atoms with Gasteiger partial charge in [0.1, 0.15) is 5.52 Å². The molecule has 1 saturated heterocycles. The quantitative estimate of drug-likeness (QED) is 0.864. The SMILES string of the molecule is CC1OCCC1SCc1nc2cc(N)ccc2o1. The smallest absolute Gasteiger partial charge is 0.205 e. The zero-order valence-corrected chi connectivity index (χ0v) is 11.1. The number of fused-ring (bicyclic) bond motifs is 1. The van der Waals surface area contributed by atoms with Crippen molar-refractivity contribution >= 4 is 28.5 Å². The number of nitrogen functional groups attached to an aromatic ring is 1. The number of benzene rings is 1. The summed E-state index contributed by atoms with van der Waals surface area (Å²) >= 11 is 1.85. The van der Waals surface area contributed by atoms with Crippen molar-refractivity contribution in [3.8, 4) is 0 Å². The molecule has 0 bridgehead atoms. The normalized spacial score (nSPS) is 23.8. The summed E-state index contributed by atoms with van der Waals surface area (Å²) < 4.78 is 11.2. The molecule has 4 nitrogen and oxygen atoms in total. The van der Waals surface area contributed by atoms with E-state index in [0.717, 1.165) is 35.8 Å². The number of oxazole rings is 1. The van der Waals surface area contributed by atoms with Gasteiger partial charge >= 0.3 is 0 Å². The van der Waals surface area contributed by atoms with Crippen LogP contribution in [0.25, 0.3) is 11.1 Å². The van der Waals surface area contributed by atoms with E-state index in [1.165, 1.54) is 0 Å². The van der Waals surface area contributed by atoms with E-state index in [9.17, 15) is 0 Å². The molecule has 2 atom stereocenters. The number of nitrogens with two attached hydrogens (primary N) is 1. The maximum Gasteiger partial charge on any atom is 0.205 e. The minimum atomic E-state index is 0.329. The molecule has 0 amide bonds. The molecule has 2 unspecified atom stereocenters. The minimum absolute atomic E-state index is 0.329. The third-order valence-electron chi connectivity index (χ3n) is 3.18. The van der Waals surface area contributed by atoms with E-state index >= 15 is 0 Å². The fraction of sp³-hybridized carbons (Fsp3) is 0.462. The summed E-state index contributed by atoms with van der Waals surface area (Å²) in [5.74, 6) is 1.55. The zero-order chi connectivity index (χ0) is 12.5. The summed E-state index contributed by atoms with van der Waals surface area (Å²) in [5, 5.41) is 0.546. The molecule has 18 heavy (non-hydrogen) atoms. The second kappa shape index (κ2) is 4.82. The van der Waals surface area contributed by atoms with Crippen LogP contribution in [0.3, 0.4) is 0 Å². The first-order chi connectivity index (χ1) is 8.72. The van der Waals surface area contributed by atoms with Gasteiger partial charge in [-0.3, -0.25) is 0 Å². The van der Waals surface area contributed by atoms with Crippen molar-refractivity contribution in [1.82, 2.24) is 4.98 Å². The Morgan fingerprint density at radius 2 is 2.39 bits per heavy atom. The highest BCUT2D eigenvalue weighted by molar-refractivity contribution is 7.99. The monoisotopic (exact) mass is 264 g/mol. The standard InChI is InChI=1S/C13H16N2O2S/c1-8-12(4-5-16-8)18-7-13-15-10-6-9(14)2-3-11(10)17-13/h2-3,6,8,12H,4-5,7,14H2,1H3. The molecule has 0 saturated carbocycles. The molecule has 0 radical (unpaired) electrons. The van der Waals surface area contributed by atoms with Gasteiger partial charge in [-0.25, -0.2) is 4.98 Å². The van der Waals surface area contributed by atoms with Crippen LogP contribution in [0.15, 0.2) is 22.6 Å². The molecular formula is C13H16N2O2S. The lowest BCUT2D eigenvalue weighted by Crippen LogP contribution is -2.13. The number of thioether (sulfide) groups is 1. The Kier molecular flexibility index (Phi) is 3.18. The highest BCUT2D eigenvalue weighted by Gasteiger charge is 2.25. The molecule has 0 aliphatic carbocycles. The largest absolute Gasteiger partial charge is 0.440 e. The molecule has 1 aliphatic rings. The number of anilines is 1. The van der Waals surface area contributed by atoms with Crippen LogP contribution < -0.4 is 5.73 Å². The van der Waals surface area contributed by atoms with E-state index < -0.39 is 0 Å². The van der Waals surface area contributed by atoms with E-state index in [1.54, 1.807) is 0 Å². The first kappa shape index (κ1) is 11.9. The van der Waals surface area contributed by atoms with Crippen LogP contribution in [0, 0.1) is 0 Å². The predicted octanol–water partition coefficient (Wildman–Crippen LogP) is 2.82. The molecule has 1 aromatic heterocycles. The predicted molar refractivity (Wildman–Crippen MR) is 73.5 cm³/mol. The molecule has 2 heterocycles. The fourth-order valence-corrected chi connectivity index (χ4v) is 3.26. The molecule has 3 rings (SSSR count). The summed E-state index contributed by atoms with van der Waals surface area (Å²) in [4.78, 5) is 4.45. The summed E-state index contributed by atoms with van der Waals surface area (Å²) in [6.07, 6.45) is 1.44. The van der Waals surface area contributed by atoms with Crippen molar-refractivity contribution in [2.24, 2.45) is 0 Å². The summed E-state index contributed by atoms with van der Waals surface area (Å²) in [5.41, 5.74) is 8.07. The van der Waals surface area contributed by atoms with Crippen molar-refractivity contribution in [3.05, 3.63) is 24.1 Å². The Morgan fingerprint density at radius 1 is 1.50 bits per heavy atom. The maximum atomic E-state index is 5.72. The Hall–Kier alpha value is -1.20. The first-order valence-corrected chi connectivity index (χ1v) is 7.15. The average molecular weight is 264 g/mol. The summed E-state index contributed by atoms with van der Waals surface area (Å²) in [7, 11) is 0. The lowest BCUT2D eigenvalue weighted by atomic mass is 10.3. The summed E-state index contributed by atoms with van der Waals surface area (Å²) in [6, 6.07) is 5.54. The molecule has 96 valence electrons. The van der Waals surface area contributed by atoms with E-state index in [2.05, 4.69) is 11.9 Å². The van der Waals surface area contributed by atoms with Gasteiger partial charge in [0.05, 0.1) is 11.9 Å². The van der Waals surface area contributed by atoms with Crippen LogP contribution in [-0.2, 0) is 10.5 Å². The molecule has 2 N–H and O–H groups in total. The Labute approximate surface area is 110 Å². The molecule has 5 heteroatoms. The van der Waals surface area contributed by atoms with Crippen molar-refractivity contribution in [2.45, 2.75) is 30.5 Å². The van der Waals surface area contributed by atoms with E-state index in [0.29, 0.717) is 17.0 Å². The number of ether oxygens (including phenoxy) is 1. The van der Waals surface area contributed by atoms with Gasteiger partial charge in [0.2, 0.25) is 5.89 Å². The van der Waals surface area contributed by atoms with Crippen molar-refractivity contribution in [3.63, 3.8) is 0 Å². The molecule has 2 aromatic rings. The Morgan fingerprint density at radius 3 is 3.17 bits per heavy atom. The molecule has 1 aromatic carbocycles. The second-order valence-electron chi connectivity index (χ2n) is 4.55. The number of hydrogen-bond acceptors (Lipinski definition) is 5. The van der Waals surface area contributed by atoms with Crippen molar-refractivity contribution in [2.75, 3.05) is 12.3 Å². The third-order valence-corrected chi connectivity index (χ3v) is 4.64. The number of hydrogen-bond donors (Lipinski definition) is 1. The lowest BCUT2D eigenvalue weighted by molar-refractivity contribution is 0.127. The van der Waals surface area contributed by atoms with Crippen molar-refractivity contribution < 1.29 is 9.15 Å². The number of nitrogens with zero attached hydrogens (tertiary/aromatic N) is 1. The average Bonchev–Trinajstić information content (AvgIpc) is 2.92. The number of rotatable bonds is 3. The Balaban J connectivity index is 1.71. The maximum absolute atomic E-state index is 5.72. The zero-order valence-electron chi connectivity index (χ0n) is 10.3. The van der Waals surface area contributed by atoms with E-state index in [1.807, 2.05) is 30.0 Å². The van der Waals surface area contributed by atoms with Gasteiger partial charge < -0.3 is 14.9 Å². The highest BCUT2D eigenvalue weighted by atomic mass is 32.2. The van der Waals surface area contributed by atoms with Crippen LogP contribution >= 0.6 is 11.8 Å². The van der Waals surface area contributed by atoms with Gasteiger partial charge in [0.15, 0.2) is 5.58 Å². The molecule has 1 fully saturated rings. The van der Waals surface area contributed by atoms with Gasteiger partial charge in [0, 0.05) is 17.5 Å². The van der Waals surface area contributed by atoms with Gasteiger partial charge in [-0.15, -0.1) is 11.8 Å². The first-order valence-electron chi connectivity index (χ1n) is 6.10. The topological polar surface area (TPSA) is 61.3 Å². The lowest BCUT2D eigenvalue weighted by Gasteiger charge is -2.11. The highest BCUT2D eigenvalue weighted by Crippen LogP contribution is 2.29. The van der Waals surface area contributed by atoms with Crippen molar-refractivity contribution in [1.29, 1.82) is 0 Å². The van der Waals surface area contributed by atoms with Crippen LogP contribution in [0.4, 0.5) is 5.69 Å². The summed E-state index contributed by atoms with van der Waals surface area (Å²) in [6.45, 7) is 2.99. The fourth-order valence-electron chi connectivity index (χ4n) is 2.16. The minimum Gasteiger partial charge on any atom is -0.440 e. The van der Waals surface area contributed by atoms with Gasteiger partial charge in [-0.05, 0) is 31.5 Å². The van der Waals surface area contributed by atoms with E-state index in [4.69, 9.17) is 14.9 Å². The molecule has 1 aliphatic heterocycles. The third kappa shape index (κ3) is 2.33.